The van der Waals surface area contributed by atoms with Gasteiger partial charge in [-0.3, -0.25) is 15.0 Å². The second kappa shape index (κ2) is 5.30. The third kappa shape index (κ3) is 2.44. The summed E-state index contributed by atoms with van der Waals surface area (Å²) in [6.07, 6.45) is 5.25. The fourth-order valence-corrected chi connectivity index (χ4v) is 3.40. The Morgan fingerprint density at radius 3 is 3.06 bits per heavy atom. The predicted octanol–water partition coefficient (Wildman–Crippen LogP) is 0.589. The molecule has 3 atom stereocenters. The highest BCUT2D eigenvalue weighted by atomic mass is 35.5. The number of aromatic nitrogens is 2. The van der Waals surface area contributed by atoms with Crippen LogP contribution in [0.15, 0.2) is 23.6 Å². The first kappa shape index (κ1) is 12.8. The van der Waals surface area contributed by atoms with Crippen molar-refractivity contribution >= 4 is 29.9 Å². The Labute approximate surface area is 110 Å². The monoisotopic (exact) mass is 271 g/mol. The topological polar surface area (TPSA) is 76.2 Å². The van der Waals surface area contributed by atoms with Crippen LogP contribution < -0.4 is 11.1 Å². The van der Waals surface area contributed by atoms with Crippen LogP contribution in [0.3, 0.4) is 0 Å². The Kier molecular flexibility index (Phi) is 3.98. The van der Waals surface area contributed by atoms with Crippen molar-refractivity contribution in [2.24, 2.45) is 16.6 Å². The summed E-state index contributed by atoms with van der Waals surface area (Å²) >= 11 is 1.66. The highest BCUT2D eigenvalue weighted by Crippen LogP contribution is 2.41. The van der Waals surface area contributed by atoms with Gasteiger partial charge in [-0.05, 0) is 0 Å². The van der Waals surface area contributed by atoms with Crippen molar-refractivity contribution in [1.29, 1.82) is 0 Å². The standard InChI is InChI=1S/C10H13N5S.ClH/c11-10-15-7-4-13-3-6(7)9(16-10)8-5-12-1-2-14-8;/h1-2,5-6,9-10,13H,3-4,11H2;1H. The molecule has 0 aromatic carbocycles. The van der Waals surface area contributed by atoms with E-state index in [0.29, 0.717) is 5.92 Å². The summed E-state index contributed by atoms with van der Waals surface area (Å²) in [6, 6.07) is 0. The Bertz CT molecular complexity index is 412. The number of fused-ring (bicyclic) bond motifs is 1. The number of nitrogens with two attached hydrogens (primary N) is 1. The zero-order valence-electron chi connectivity index (χ0n) is 9.11. The molecule has 1 aromatic heterocycles. The molecule has 2 aliphatic rings. The Morgan fingerprint density at radius 1 is 1.41 bits per heavy atom. The number of hydrogen-bond donors (Lipinski definition) is 2. The molecular formula is C10H14ClN5S. The van der Waals surface area contributed by atoms with Gasteiger partial charge in [0.25, 0.3) is 0 Å². The van der Waals surface area contributed by atoms with Gasteiger partial charge in [0.05, 0.1) is 10.9 Å². The van der Waals surface area contributed by atoms with Gasteiger partial charge < -0.3 is 11.1 Å². The van der Waals surface area contributed by atoms with Crippen LogP contribution in [0.5, 0.6) is 0 Å². The number of halogens is 1. The largest absolute Gasteiger partial charge is 0.311 e. The van der Waals surface area contributed by atoms with Crippen LogP contribution in [-0.2, 0) is 0 Å². The Balaban J connectivity index is 0.00000108. The van der Waals surface area contributed by atoms with Crippen molar-refractivity contribution in [2.75, 3.05) is 13.1 Å². The van der Waals surface area contributed by atoms with E-state index in [-0.39, 0.29) is 23.2 Å². The predicted molar refractivity (Wildman–Crippen MR) is 71.4 cm³/mol. The van der Waals surface area contributed by atoms with Gasteiger partial charge >= 0.3 is 0 Å². The highest BCUT2D eigenvalue weighted by molar-refractivity contribution is 8.00. The zero-order chi connectivity index (χ0) is 11.0. The van der Waals surface area contributed by atoms with Crippen molar-refractivity contribution in [2.45, 2.75) is 10.7 Å². The first-order valence-electron chi connectivity index (χ1n) is 5.29. The summed E-state index contributed by atoms with van der Waals surface area (Å²) in [5, 5.41) is 3.62. The molecule has 3 rings (SSSR count). The molecular weight excluding hydrogens is 258 g/mol. The third-order valence-electron chi connectivity index (χ3n) is 2.92. The second-order valence-electron chi connectivity index (χ2n) is 3.94. The van der Waals surface area contributed by atoms with Crippen molar-refractivity contribution in [1.82, 2.24) is 15.3 Å². The smallest absolute Gasteiger partial charge is 0.145 e. The zero-order valence-corrected chi connectivity index (χ0v) is 10.7. The Hall–Kier alpha value is -0.690. The van der Waals surface area contributed by atoms with Crippen LogP contribution in [0.1, 0.15) is 10.9 Å². The van der Waals surface area contributed by atoms with Crippen molar-refractivity contribution in [3.8, 4) is 0 Å². The molecule has 0 aliphatic carbocycles. The van der Waals surface area contributed by atoms with Crippen LogP contribution in [0.2, 0.25) is 0 Å². The van der Waals surface area contributed by atoms with E-state index in [2.05, 4.69) is 20.3 Å². The average Bonchev–Trinajstić information content (AvgIpc) is 2.77. The van der Waals surface area contributed by atoms with Gasteiger partial charge in [0.2, 0.25) is 0 Å². The van der Waals surface area contributed by atoms with E-state index in [1.54, 1.807) is 24.2 Å². The lowest BCUT2D eigenvalue weighted by Gasteiger charge is -2.28. The molecule has 17 heavy (non-hydrogen) atoms. The highest BCUT2D eigenvalue weighted by Gasteiger charge is 2.37. The fraction of sp³-hybridized carbons (Fsp3) is 0.500. The summed E-state index contributed by atoms with van der Waals surface area (Å²) in [5.74, 6) is 0.418. The lowest BCUT2D eigenvalue weighted by Crippen LogP contribution is -2.31. The van der Waals surface area contributed by atoms with Gasteiger partial charge in [-0.15, -0.1) is 24.2 Å². The molecule has 1 fully saturated rings. The van der Waals surface area contributed by atoms with E-state index in [1.165, 1.54) is 5.71 Å². The number of nitrogens with one attached hydrogen (secondary N) is 1. The molecule has 0 bridgehead atoms. The number of aliphatic imine (C=N–C) groups is 1. The molecule has 7 heteroatoms. The lowest BCUT2D eigenvalue weighted by molar-refractivity contribution is 0.642. The molecule has 1 aromatic rings. The molecule has 5 nitrogen and oxygen atoms in total. The van der Waals surface area contributed by atoms with Crippen LogP contribution >= 0.6 is 24.2 Å². The lowest BCUT2D eigenvalue weighted by atomic mass is 10.00. The normalized spacial score (nSPS) is 31.4. The number of thioether (sulfide) groups is 1. The maximum absolute atomic E-state index is 5.92. The number of rotatable bonds is 1. The second-order valence-corrected chi connectivity index (χ2v) is 5.20. The van der Waals surface area contributed by atoms with Gasteiger partial charge in [-0.1, -0.05) is 0 Å². The van der Waals surface area contributed by atoms with Crippen molar-refractivity contribution < 1.29 is 0 Å². The summed E-state index contributed by atoms with van der Waals surface area (Å²) in [6.45, 7) is 1.81. The van der Waals surface area contributed by atoms with Gasteiger partial charge in [-0.2, -0.15) is 0 Å². The average molecular weight is 272 g/mol. The minimum absolute atomic E-state index is 0. The van der Waals surface area contributed by atoms with E-state index >= 15 is 0 Å². The number of nitrogens with zero attached hydrogens (tertiary/aromatic N) is 3. The third-order valence-corrected chi connectivity index (χ3v) is 4.17. The summed E-state index contributed by atoms with van der Waals surface area (Å²) < 4.78 is 0. The van der Waals surface area contributed by atoms with Crippen molar-refractivity contribution in [3.05, 3.63) is 24.3 Å². The Morgan fingerprint density at radius 2 is 2.29 bits per heavy atom. The molecule has 3 heterocycles. The minimum Gasteiger partial charge on any atom is -0.311 e. The van der Waals surface area contributed by atoms with E-state index in [0.717, 1.165) is 18.8 Å². The fourth-order valence-electron chi connectivity index (χ4n) is 2.20. The van der Waals surface area contributed by atoms with Crippen LogP contribution in [0.4, 0.5) is 0 Å². The summed E-state index contributed by atoms with van der Waals surface area (Å²) in [5.41, 5.74) is 7.94. The SMILES string of the molecule is Cl.NC1N=C2CNCC2C(c2cnccn2)S1. The molecule has 1 saturated heterocycles. The number of hydrogen-bond acceptors (Lipinski definition) is 6. The molecule has 0 amide bonds. The molecule has 3 unspecified atom stereocenters. The molecule has 0 spiro atoms. The van der Waals surface area contributed by atoms with Crippen LogP contribution in [0, 0.1) is 5.92 Å². The first-order valence-corrected chi connectivity index (χ1v) is 6.23. The summed E-state index contributed by atoms with van der Waals surface area (Å²) in [4.78, 5) is 13.0. The first-order chi connectivity index (χ1) is 7.84. The van der Waals surface area contributed by atoms with Gasteiger partial charge in [0.1, 0.15) is 5.50 Å². The van der Waals surface area contributed by atoms with Crippen LogP contribution in [0.25, 0.3) is 0 Å². The summed E-state index contributed by atoms with van der Waals surface area (Å²) in [7, 11) is 0. The quantitative estimate of drug-likeness (QED) is 0.782. The van der Waals surface area contributed by atoms with E-state index in [1.807, 2.05) is 6.20 Å². The maximum Gasteiger partial charge on any atom is 0.145 e. The van der Waals surface area contributed by atoms with Gasteiger partial charge in [-0.25, -0.2) is 0 Å². The molecule has 0 radical (unpaired) electrons. The van der Waals surface area contributed by atoms with E-state index in [9.17, 15) is 0 Å². The van der Waals surface area contributed by atoms with Gasteiger partial charge in [0.15, 0.2) is 0 Å². The molecule has 92 valence electrons. The van der Waals surface area contributed by atoms with Crippen molar-refractivity contribution in [3.63, 3.8) is 0 Å². The molecule has 0 saturated carbocycles. The van der Waals surface area contributed by atoms with E-state index < -0.39 is 0 Å². The maximum atomic E-state index is 5.92. The van der Waals surface area contributed by atoms with Crippen LogP contribution in [-0.4, -0.2) is 34.3 Å². The van der Waals surface area contributed by atoms with Gasteiger partial charge in [0, 0.05) is 43.3 Å². The molecule has 3 N–H and O–H groups in total. The molecule has 2 aliphatic heterocycles. The minimum atomic E-state index is -0.168. The van der Waals surface area contributed by atoms with E-state index in [4.69, 9.17) is 5.73 Å².